The molecule has 1 atom stereocenters. The number of amides is 2. The van der Waals surface area contributed by atoms with Crippen molar-refractivity contribution in [2.75, 3.05) is 18.5 Å². The smallest absolute Gasteiger partial charge is 0.322 e. The van der Waals surface area contributed by atoms with Crippen LogP contribution < -0.4 is 5.32 Å². The second kappa shape index (κ2) is 9.34. The van der Waals surface area contributed by atoms with Crippen LogP contribution in [0.5, 0.6) is 0 Å². The van der Waals surface area contributed by atoms with Gasteiger partial charge >= 0.3 is 6.03 Å². The molecule has 1 aliphatic heterocycles. The molecule has 0 bridgehead atoms. The van der Waals surface area contributed by atoms with Crippen LogP contribution >= 0.6 is 0 Å². The van der Waals surface area contributed by atoms with Crippen LogP contribution in [0.25, 0.3) is 0 Å². The van der Waals surface area contributed by atoms with Gasteiger partial charge < -0.3 is 15.0 Å². The lowest BCUT2D eigenvalue weighted by atomic mass is 10.2. The number of benzene rings is 1. The first-order valence-electron chi connectivity index (χ1n) is 9.89. The zero-order valence-corrected chi connectivity index (χ0v) is 16.3. The summed E-state index contributed by atoms with van der Waals surface area (Å²) in [5.74, 6) is 0. The molecule has 0 spiro atoms. The van der Waals surface area contributed by atoms with E-state index in [1.54, 1.807) is 23.5 Å². The normalized spacial score (nSPS) is 15.9. The Morgan fingerprint density at radius 2 is 2.07 bits per heavy atom. The van der Waals surface area contributed by atoms with Gasteiger partial charge in [0.05, 0.1) is 12.6 Å². The molecule has 3 heterocycles. The number of hydrogen-bond acceptors (Lipinski definition) is 4. The number of anilines is 1. The minimum Gasteiger partial charge on any atom is -0.376 e. The van der Waals surface area contributed by atoms with Gasteiger partial charge in [-0.15, -0.1) is 0 Å². The maximum Gasteiger partial charge on any atom is 0.322 e. The second-order valence-electron chi connectivity index (χ2n) is 7.21. The monoisotopic (exact) mass is 391 g/mol. The first-order valence-corrected chi connectivity index (χ1v) is 9.89. The summed E-state index contributed by atoms with van der Waals surface area (Å²) in [5.41, 5.74) is 2.89. The minimum atomic E-state index is -0.135. The number of nitrogens with zero attached hydrogens (tertiary/aromatic N) is 4. The lowest BCUT2D eigenvalue weighted by Crippen LogP contribution is -2.39. The van der Waals surface area contributed by atoms with Crippen molar-refractivity contribution in [2.45, 2.75) is 32.0 Å². The minimum absolute atomic E-state index is 0.0915. The van der Waals surface area contributed by atoms with E-state index in [1.807, 2.05) is 53.3 Å². The van der Waals surface area contributed by atoms with Crippen LogP contribution in [-0.4, -0.2) is 45.0 Å². The summed E-state index contributed by atoms with van der Waals surface area (Å²) in [6, 6.07) is 13.5. The number of pyridine rings is 1. The first-order chi connectivity index (χ1) is 14.3. The Morgan fingerprint density at radius 1 is 1.17 bits per heavy atom. The summed E-state index contributed by atoms with van der Waals surface area (Å²) in [6.45, 7) is 2.53. The van der Waals surface area contributed by atoms with Gasteiger partial charge in [-0.3, -0.25) is 9.67 Å². The van der Waals surface area contributed by atoms with Gasteiger partial charge in [-0.1, -0.05) is 18.2 Å². The third-order valence-electron chi connectivity index (χ3n) is 4.94. The molecule has 1 N–H and O–H groups in total. The predicted octanol–water partition coefficient (Wildman–Crippen LogP) is 3.54. The Morgan fingerprint density at radius 3 is 2.76 bits per heavy atom. The highest BCUT2D eigenvalue weighted by Gasteiger charge is 2.23. The molecule has 2 aromatic heterocycles. The Bertz CT molecular complexity index is 891. The van der Waals surface area contributed by atoms with E-state index >= 15 is 0 Å². The topological polar surface area (TPSA) is 72.3 Å². The fraction of sp³-hybridized carbons (Fsp3) is 0.318. The maximum absolute atomic E-state index is 13.0. The highest BCUT2D eigenvalue weighted by atomic mass is 16.5. The number of rotatable bonds is 7. The molecule has 0 radical (unpaired) electrons. The highest BCUT2D eigenvalue weighted by Crippen LogP contribution is 2.17. The first kappa shape index (κ1) is 19.1. The summed E-state index contributed by atoms with van der Waals surface area (Å²) >= 11 is 0. The summed E-state index contributed by atoms with van der Waals surface area (Å²) < 4.78 is 7.61. The molecule has 1 fully saturated rings. The molecular formula is C22H25N5O2. The highest BCUT2D eigenvalue weighted by molar-refractivity contribution is 5.89. The number of ether oxygens (including phenoxy) is 1. The average molecular weight is 391 g/mol. The van der Waals surface area contributed by atoms with Crippen LogP contribution in [0.3, 0.4) is 0 Å². The molecule has 3 aromatic rings. The van der Waals surface area contributed by atoms with Crippen LogP contribution in [0.1, 0.15) is 24.0 Å². The van der Waals surface area contributed by atoms with Gasteiger partial charge in [0, 0.05) is 50.2 Å². The van der Waals surface area contributed by atoms with Crippen LogP contribution in [0, 0.1) is 0 Å². The molecule has 7 nitrogen and oxygen atoms in total. The van der Waals surface area contributed by atoms with Crippen LogP contribution in [0.15, 0.2) is 67.3 Å². The Labute approximate surface area is 170 Å². The average Bonchev–Trinajstić information content (AvgIpc) is 3.44. The largest absolute Gasteiger partial charge is 0.376 e. The fourth-order valence-electron chi connectivity index (χ4n) is 3.44. The molecule has 7 heteroatoms. The molecule has 0 saturated carbocycles. The van der Waals surface area contributed by atoms with Gasteiger partial charge in [0.1, 0.15) is 0 Å². The van der Waals surface area contributed by atoms with E-state index in [-0.39, 0.29) is 12.1 Å². The van der Waals surface area contributed by atoms with E-state index in [9.17, 15) is 4.79 Å². The number of carbonyl (C=O) groups excluding carboxylic acids is 1. The van der Waals surface area contributed by atoms with Crippen molar-refractivity contribution in [3.05, 3.63) is 78.4 Å². The predicted molar refractivity (Wildman–Crippen MR) is 110 cm³/mol. The molecule has 1 unspecified atom stereocenters. The van der Waals surface area contributed by atoms with Gasteiger partial charge in [-0.25, -0.2) is 4.79 Å². The zero-order valence-electron chi connectivity index (χ0n) is 16.3. The molecule has 150 valence electrons. The van der Waals surface area contributed by atoms with Crippen molar-refractivity contribution in [2.24, 2.45) is 0 Å². The van der Waals surface area contributed by atoms with Gasteiger partial charge in [0.25, 0.3) is 0 Å². The molecule has 1 saturated heterocycles. The summed E-state index contributed by atoms with van der Waals surface area (Å²) in [6.07, 6.45) is 9.34. The van der Waals surface area contributed by atoms with Gasteiger partial charge in [-0.05, 0) is 48.2 Å². The molecule has 1 aliphatic rings. The van der Waals surface area contributed by atoms with Gasteiger partial charge in [0.2, 0.25) is 0 Å². The third-order valence-corrected chi connectivity index (χ3v) is 4.94. The van der Waals surface area contributed by atoms with Crippen molar-refractivity contribution < 1.29 is 9.53 Å². The quantitative estimate of drug-likeness (QED) is 0.669. The van der Waals surface area contributed by atoms with E-state index in [2.05, 4.69) is 15.4 Å². The van der Waals surface area contributed by atoms with Crippen molar-refractivity contribution >= 4 is 11.7 Å². The number of aromatic nitrogens is 3. The molecule has 0 aliphatic carbocycles. The van der Waals surface area contributed by atoms with E-state index in [0.29, 0.717) is 19.6 Å². The third kappa shape index (κ3) is 5.42. The number of urea groups is 1. The van der Waals surface area contributed by atoms with Crippen molar-refractivity contribution in [3.63, 3.8) is 0 Å². The maximum atomic E-state index is 13.0. The van der Waals surface area contributed by atoms with Gasteiger partial charge in [0.15, 0.2) is 0 Å². The lowest BCUT2D eigenvalue weighted by Gasteiger charge is -2.26. The molecule has 1 aromatic carbocycles. The van der Waals surface area contributed by atoms with E-state index in [4.69, 9.17) is 4.74 Å². The van der Waals surface area contributed by atoms with Crippen LogP contribution in [-0.2, 0) is 17.8 Å². The summed E-state index contributed by atoms with van der Waals surface area (Å²) in [5, 5.41) is 7.23. The second-order valence-corrected chi connectivity index (χ2v) is 7.21. The Kier molecular flexibility index (Phi) is 6.16. The SMILES string of the molecule is O=C(Nc1ccc(Cn2cccn2)cc1)N(Cc1cccnc1)CC1CCCO1. The Balaban J connectivity index is 1.40. The zero-order chi connectivity index (χ0) is 19.9. The molecular weight excluding hydrogens is 366 g/mol. The number of carbonyl (C=O) groups is 1. The van der Waals surface area contributed by atoms with E-state index in [1.165, 1.54) is 0 Å². The molecule has 2 amide bonds. The standard InChI is InChI=1S/C22H25N5O2/c28-22(25-20-8-6-18(7-9-20)16-27-12-3-11-24-27)26(17-21-5-2-13-29-21)15-19-4-1-10-23-14-19/h1,3-4,6-12,14,21H,2,5,13,15-17H2,(H,25,28). The summed E-state index contributed by atoms with van der Waals surface area (Å²) in [7, 11) is 0. The number of hydrogen-bond donors (Lipinski definition) is 1. The van der Waals surface area contributed by atoms with Crippen molar-refractivity contribution in [3.8, 4) is 0 Å². The van der Waals surface area contributed by atoms with E-state index in [0.717, 1.165) is 36.3 Å². The van der Waals surface area contributed by atoms with Crippen LogP contribution in [0.4, 0.5) is 10.5 Å². The molecule has 4 rings (SSSR count). The van der Waals surface area contributed by atoms with Crippen molar-refractivity contribution in [1.82, 2.24) is 19.7 Å². The van der Waals surface area contributed by atoms with Gasteiger partial charge in [-0.2, -0.15) is 5.10 Å². The van der Waals surface area contributed by atoms with Crippen molar-refractivity contribution in [1.29, 1.82) is 0 Å². The fourth-order valence-corrected chi connectivity index (χ4v) is 3.44. The Hall–Kier alpha value is -3.19. The van der Waals surface area contributed by atoms with E-state index < -0.39 is 0 Å². The molecule has 29 heavy (non-hydrogen) atoms. The summed E-state index contributed by atoms with van der Waals surface area (Å²) in [4.78, 5) is 18.9. The number of nitrogens with one attached hydrogen (secondary N) is 1. The lowest BCUT2D eigenvalue weighted by molar-refractivity contribution is 0.0819. The van der Waals surface area contributed by atoms with Crippen LogP contribution in [0.2, 0.25) is 0 Å².